The fourth-order valence-corrected chi connectivity index (χ4v) is 4.40. The molecule has 3 aliphatic rings. The molecule has 0 bridgehead atoms. The molecule has 1 heterocycles. The van der Waals surface area contributed by atoms with E-state index in [1.54, 1.807) is 0 Å². The van der Waals surface area contributed by atoms with Crippen molar-refractivity contribution in [3.63, 3.8) is 0 Å². The van der Waals surface area contributed by atoms with Crippen LogP contribution in [0.25, 0.3) is 0 Å². The molecule has 1 aromatic rings. The van der Waals surface area contributed by atoms with E-state index in [0.717, 1.165) is 17.5 Å². The van der Waals surface area contributed by atoms with E-state index in [-0.39, 0.29) is 12.4 Å². The van der Waals surface area contributed by atoms with Crippen molar-refractivity contribution in [2.24, 2.45) is 5.41 Å². The average molecular weight is 298 g/mol. The molecule has 1 N–H and O–H groups in total. The first-order valence-electron chi connectivity index (χ1n) is 7.21. The summed E-state index contributed by atoms with van der Waals surface area (Å²) in [4.78, 5) is 0. The van der Waals surface area contributed by atoms with Gasteiger partial charge >= 0.3 is 0 Å². The van der Waals surface area contributed by atoms with Crippen LogP contribution in [0.2, 0.25) is 5.02 Å². The largest absolute Gasteiger partial charge is 0.316 e. The van der Waals surface area contributed by atoms with Crippen LogP contribution in [0.5, 0.6) is 0 Å². The summed E-state index contributed by atoms with van der Waals surface area (Å²) in [5.74, 6) is 1.44. The molecule has 3 heteroatoms. The predicted molar refractivity (Wildman–Crippen MR) is 82.7 cm³/mol. The van der Waals surface area contributed by atoms with Gasteiger partial charge in [-0.05, 0) is 53.7 Å². The lowest BCUT2D eigenvalue weighted by atomic mass is 9.67. The zero-order valence-electron chi connectivity index (χ0n) is 11.3. The molecule has 2 fully saturated rings. The van der Waals surface area contributed by atoms with Gasteiger partial charge in [0.2, 0.25) is 0 Å². The van der Waals surface area contributed by atoms with Gasteiger partial charge in [-0.25, -0.2) is 0 Å². The lowest BCUT2D eigenvalue weighted by molar-refractivity contribution is 0.277. The van der Waals surface area contributed by atoms with Crippen LogP contribution in [0.4, 0.5) is 0 Å². The van der Waals surface area contributed by atoms with Crippen LogP contribution in [-0.4, -0.2) is 13.1 Å². The number of halogens is 2. The van der Waals surface area contributed by atoms with Gasteiger partial charge in [0.25, 0.3) is 0 Å². The number of nitrogens with one attached hydrogen (secondary N) is 1. The van der Waals surface area contributed by atoms with Crippen LogP contribution in [0, 0.1) is 5.41 Å². The highest BCUT2D eigenvalue weighted by atomic mass is 35.5. The number of fused-ring (bicyclic) bond motifs is 3. The Morgan fingerprint density at radius 3 is 2.74 bits per heavy atom. The average Bonchev–Trinajstić information content (AvgIpc) is 3.10. The van der Waals surface area contributed by atoms with E-state index in [1.165, 1.54) is 48.9 Å². The summed E-state index contributed by atoms with van der Waals surface area (Å²) in [6, 6.07) is 4.69. The van der Waals surface area contributed by atoms with Crippen LogP contribution < -0.4 is 5.32 Å². The van der Waals surface area contributed by atoms with Crippen molar-refractivity contribution in [1.82, 2.24) is 5.32 Å². The molecular weight excluding hydrogens is 277 g/mol. The van der Waals surface area contributed by atoms with E-state index in [0.29, 0.717) is 11.3 Å². The summed E-state index contributed by atoms with van der Waals surface area (Å²) in [5.41, 5.74) is 4.87. The molecule has 1 nitrogen and oxygen atoms in total. The van der Waals surface area contributed by atoms with E-state index in [4.69, 9.17) is 11.6 Å². The van der Waals surface area contributed by atoms with Crippen molar-refractivity contribution in [2.75, 3.05) is 13.1 Å². The second-order valence-electron chi connectivity index (χ2n) is 6.65. The minimum absolute atomic E-state index is 0. The Hall–Kier alpha value is -0.240. The first-order valence-corrected chi connectivity index (χ1v) is 7.59. The van der Waals surface area contributed by atoms with Gasteiger partial charge in [0.1, 0.15) is 0 Å². The Labute approximate surface area is 126 Å². The van der Waals surface area contributed by atoms with Crippen molar-refractivity contribution in [2.45, 2.75) is 44.4 Å². The maximum absolute atomic E-state index is 6.68. The van der Waals surface area contributed by atoms with E-state index >= 15 is 0 Å². The van der Waals surface area contributed by atoms with Gasteiger partial charge < -0.3 is 5.32 Å². The summed E-state index contributed by atoms with van der Waals surface area (Å²) < 4.78 is 0. The molecule has 2 atom stereocenters. The molecule has 0 unspecified atom stereocenters. The maximum Gasteiger partial charge on any atom is 0.0475 e. The smallest absolute Gasteiger partial charge is 0.0475 e. The molecule has 0 spiro atoms. The number of hydrogen-bond acceptors (Lipinski definition) is 1. The van der Waals surface area contributed by atoms with Crippen LogP contribution in [0.3, 0.4) is 0 Å². The molecule has 1 saturated heterocycles. The number of benzene rings is 1. The molecule has 104 valence electrons. The molecule has 4 rings (SSSR count). The van der Waals surface area contributed by atoms with Gasteiger partial charge in [-0.1, -0.05) is 30.7 Å². The highest BCUT2D eigenvalue weighted by Gasteiger charge is 2.44. The van der Waals surface area contributed by atoms with Crippen molar-refractivity contribution >= 4 is 24.0 Å². The lowest BCUT2D eigenvalue weighted by Gasteiger charge is -2.37. The summed E-state index contributed by atoms with van der Waals surface area (Å²) in [6.07, 6.45) is 5.12. The van der Waals surface area contributed by atoms with Gasteiger partial charge in [0.05, 0.1) is 0 Å². The quantitative estimate of drug-likeness (QED) is 0.816. The third-order valence-electron chi connectivity index (χ3n) is 5.37. The van der Waals surface area contributed by atoms with Crippen molar-refractivity contribution in [1.29, 1.82) is 0 Å². The zero-order valence-corrected chi connectivity index (χ0v) is 12.9. The Morgan fingerprint density at radius 2 is 2.00 bits per heavy atom. The monoisotopic (exact) mass is 297 g/mol. The molecule has 1 aliphatic heterocycles. The molecule has 0 radical (unpaired) electrons. The fourth-order valence-electron chi connectivity index (χ4n) is 3.97. The van der Waals surface area contributed by atoms with Crippen LogP contribution >= 0.6 is 24.0 Å². The van der Waals surface area contributed by atoms with Crippen LogP contribution in [0.15, 0.2) is 12.1 Å². The summed E-state index contributed by atoms with van der Waals surface area (Å²) in [7, 11) is 0. The Morgan fingerprint density at radius 1 is 1.26 bits per heavy atom. The van der Waals surface area contributed by atoms with Gasteiger partial charge in [0, 0.05) is 24.0 Å². The Balaban J connectivity index is 0.00000110. The molecular formula is C16H21Cl2N. The second-order valence-corrected chi connectivity index (χ2v) is 7.03. The molecule has 0 aromatic heterocycles. The number of rotatable bonds is 1. The SMILES string of the molecule is C[C@@]12CCc3c(ccc(C4CC4)c3Cl)[C@H]1CNC2.Cl. The molecule has 1 aromatic carbocycles. The minimum Gasteiger partial charge on any atom is -0.316 e. The van der Waals surface area contributed by atoms with E-state index < -0.39 is 0 Å². The first-order chi connectivity index (χ1) is 8.69. The minimum atomic E-state index is 0. The standard InChI is InChI=1S/C16H20ClN.ClH/c1-16-7-6-13-12(14(16)8-18-9-16)5-4-11(15(13)17)10-2-3-10;/h4-5,10,14,18H,2-3,6-9H2,1H3;1H/t14-,16+;/m1./s1. The highest BCUT2D eigenvalue weighted by molar-refractivity contribution is 6.32. The zero-order chi connectivity index (χ0) is 12.3. The predicted octanol–water partition coefficient (Wildman–Crippen LogP) is 4.28. The van der Waals surface area contributed by atoms with Crippen molar-refractivity contribution in [3.8, 4) is 0 Å². The summed E-state index contributed by atoms with van der Waals surface area (Å²) in [6.45, 7) is 4.73. The third kappa shape index (κ3) is 2.02. The lowest BCUT2D eigenvalue weighted by Crippen LogP contribution is -2.30. The van der Waals surface area contributed by atoms with E-state index in [1.807, 2.05) is 0 Å². The molecule has 2 aliphatic carbocycles. The van der Waals surface area contributed by atoms with E-state index in [2.05, 4.69) is 24.4 Å². The van der Waals surface area contributed by atoms with Crippen molar-refractivity contribution in [3.05, 3.63) is 33.8 Å². The van der Waals surface area contributed by atoms with Crippen LogP contribution in [-0.2, 0) is 6.42 Å². The maximum atomic E-state index is 6.68. The molecule has 1 saturated carbocycles. The van der Waals surface area contributed by atoms with Crippen LogP contribution in [0.1, 0.15) is 54.7 Å². The second kappa shape index (κ2) is 4.65. The topological polar surface area (TPSA) is 12.0 Å². The number of hydrogen-bond donors (Lipinski definition) is 1. The van der Waals surface area contributed by atoms with Gasteiger partial charge in [-0.2, -0.15) is 0 Å². The third-order valence-corrected chi connectivity index (χ3v) is 5.81. The van der Waals surface area contributed by atoms with E-state index in [9.17, 15) is 0 Å². The first kappa shape index (κ1) is 13.7. The Kier molecular flexibility index (Phi) is 3.36. The molecule has 19 heavy (non-hydrogen) atoms. The summed E-state index contributed by atoms with van der Waals surface area (Å²) >= 11 is 6.68. The van der Waals surface area contributed by atoms with Gasteiger partial charge in [0.15, 0.2) is 0 Å². The van der Waals surface area contributed by atoms with Gasteiger partial charge in [-0.3, -0.25) is 0 Å². The molecule has 0 amide bonds. The fraction of sp³-hybridized carbons (Fsp3) is 0.625. The highest BCUT2D eigenvalue weighted by Crippen LogP contribution is 2.52. The summed E-state index contributed by atoms with van der Waals surface area (Å²) in [5, 5.41) is 4.67. The van der Waals surface area contributed by atoms with Gasteiger partial charge in [-0.15, -0.1) is 12.4 Å². The normalized spacial score (nSPS) is 32.4. The van der Waals surface area contributed by atoms with Crippen molar-refractivity contribution < 1.29 is 0 Å². The Bertz CT molecular complexity index is 510.